The third kappa shape index (κ3) is 4.58. The number of anilines is 1. The SMILES string of the molecule is CCOC(=O)C1CCCN(C(=O)CN2C(=O)CCn3nc(-c4ccc(Cl)cc4)cc32)C1. The summed E-state index contributed by atoms with van der Waals surface area (Å²) in [5.74, 6) is -0.252. The van der Waals surface area contributed by atoms with Crippen LogP contribution in [0.25, 0.3) is 11.3 Å². The minimum Gasteiger partial charge on any atom is -0.466 e. The molecule has 0 bridgehead atoms. The van der Waals surface area contributed by atoms with Crippen molar-refractivity contribution in [3.8, 4) is 11.3 Å². The Hall–Kier alpha value is -2.87. The summed E-state index contributed by atoms with van der Waals surface area (Å²) in [7, 11) is 0. The van der Waals surface area contributed by atoms with E-state index in [4.69, 9.17) is 16.3 Å². The number of likely N-dealkylation sites (tertiary alicyclic amines) is 1. The van der Waals surface area contributed by atoms with Crippen LogP contribution < -0.4 is 4.90 Å². The number of rotatable bonds is 5. The van der Waals surface area contributed by atoms with Crippen molar-refractivity contribution >= 4 is 35.2 Å². The molecule has 1 atom stereocenters. The van der Waals surface area contributed by atoms with E-state index in [1.807, 2.05) is 18.2 Å². The minimum atomic E-state index is -0.309. The van der Waals surface area contributed by atoms with E-state index in [9.17, 15) is 14.4 Å². The lowest BCUT2D eigenvalue weighted by Gasteiger charge is -2.34. The Kier molecular flexibility index (Phi) is 6.27. The zero-order chi connectivity index (χ0) is 22.0. The highest BCUT2D eigenvalue weighted by Gasteiger charge is 2.33. The molecule has 1 unspecified atom stereocenters. The number of benzene rings is 1. The number of piperidine rings is 1. The number of esters is 1. The lowest BCUT2D eigenvalue weighted by molar-refractivity contribution is -0.151. The van der Waals surface area contributed by atoms with Gasteiger partial charge in [-0.2, -0.15) is 5.10 Å². The number of nitrogens with zero attached hydrogens (tertiary/aromatic N) is 4. The van der Waals surface area contributed by atoms with Crippen molar-refractivity contribution in [3.05, 3.63) is 35.4 Å². The van der Waals surface area contributed by atoms with Gasteiger partial charge >= 0.3 is 5.97 Å². The van der Waals surface area contributed by atoms with Gasteiger partial charge in [-0.15, -0.1) is 0 Å². The molecule has 9 heteroatoms. The van der Waals surface area contributed by atoms with Gasteiger partial charge in [-0.25, -0.2) is 4.68 Å². The Morgan fingerprint density at radius 3 is 2.74 bits per heavy atom. The first-order chi connectivity index (χ1) is 15.0. The molecule has 3 heterocycles. The van der Waals surface area contributed by atoms with Gasteiger partial charge in [0.15, 0.2) is 0 Å². The Morgan fingerprint density at radius 2 is 2.00 bits per heavy atom. The minimum absolute atomic E-state index is 0.0693. The van der Waals surface area contributed by atoms with Crippen molar-refractivity contribution in [2.24, 2.45) is 5.92 Å². The van der Waals surface area contributed by atoms with Crippen molar-refractivity contribution in [3.63, 3.8) is 0 Å². The van der Waals surface area contributed by atoms with E-state index in [0.717, 1.165) is 17.7 Å². The lowest BCUT2D eigenvalue weighted by Crippen LogP contribution is -2.49. The quantitative estimate of drug-likeness (QED) is 0.662. The Balaban J connectivity index is 1.50. The van der Waals surface area contributed by atoms with E-state index in [-0.39, 0.29) is 36.7 Å². The highest BCUT2D eigenvalue weighted by molar-refractivity contribution is 6.30. The normalized spacial score (nSPS) is 18.6. The van der Waals surface area contributed by atoms with Gasteiger partial charge < -0.3 is 9.64 Å². The number of aromatic nitrogens is 2. The van der Waals surface area contributed by atoms with Crippen LogP contribution >= 0.6 is 11.6 Å². The number of carbonyl (C=O) groups is 3. The number of amides is 2. The van der Waals surface area contributed by atoms with Gasteiger partial charge in [-0.05, 0) is 31.9 Å². The average molecular weight is 445 g/mol. The number of hydrogen-bond acceptors (Lipinski definition) is 5. The number of fused-ring (bicyclic) bond motifs is 1. The van der Waals surface area contributed by atoms with Gasteiger partial charge in [-0.3, -0.25) is 19.3 Å². The van der Waals surface area contributed by atoms with Gasteiger partial charge in [0, 0.05) is 36.2 Å². The highest BCUT2D eigenvalue weighted by Crippen LogP contribution is 2.29. The molecule has 1 aromatic heterocycles. The zero-order valence-corrected chi connectivity index (χ0v) is 18.2. The zero-order valence-electron chi connectivity index (χ0n) is 17.4. The van der Waals surface area contributed by atoms with Crippen molar-refractivity contribution in [2.75, 3.05) is 31.1 Å². The molecular formula is C22H25ClN4O4. The summed E-state index contributed by atoms with van der Waals surface area (Å²) in [6.07, 6.45) is 1.73. The summed E-state index contributed by atoms with van der Waals surface area (Å²) in [4.78, 5) is 40.9. The summed E-state index contributed by atoms with van der Waals surface area (Å²) >= 11 is 5.97. The van der Waals surface area contributed by atoms with Crippen LogP contribution in [0.5, 0.6) is 0 Å². The topological polar surface area (TPSA) is 84.7 Å². The van der Waals surface area contributed by atoms with Crippen LogP contribution in [0, 0.1) is 5.92 Å². The molecule has 1 aromatic carbocycles. The lowest BCUT2D eigenvalue weighted by atomic mass is 9.98. The average Bonchev–Trinajstić information content (AvgIpc) is 3.21. The highest BCUT2D eigenvalue weighted by atomic mass is 35.5. The number of aryl methyl sites for hydroxylation is 1. The maximum atomic E-state index is 13.0. The standard InChI is InChI=1S/C22H25ClN4O4/c1-2-31-22(30)16-4-3-10-25(13-16)21(29)14-26-19-12-18(15-5-7-17(23)8-6-15)24-27(19)11-9-20(26)28/h5-8,12,16H,2-4,9-11,13-14H2,1H3. The molecule has 1 saturated heterocycles. The second-order valence-electron chi connectivity index (χ2n) is 7.78. The van der Waals surface area contributed by atoms with Gasteiger partial charge in [-0.1, -0.05) is 23.7 Å². The van der Waals surface area contributed by atoms with Crippen LogP contribution in [0.4, 0.5) is 5.82 Å². The summed E-state index contributed by atoms with van der Waals surface area (Å²) in [5, 5.41) is 5.24. The molecular weight excluding hydrogens is 420 g/mol. The Bertz CT molecular complexity index is 988. The Labute approximate surface area is 185 Å². The molecule has 0 aliphatic carbocycles. The fourth-order valence-corrected chi connectivity index (χ4v) is 4.20. The van der Waals surface area contributed by atoms with Crippen LogP contribution in [0.15, 0.2) is 30.3 Å². The van der Waals surface area contributed by atoms with Crippen LogP contribution in [0.3, 0.4) is 0 Å². The van der Waals surface area contributed by atoms with Crippen LogP contribution in [0.2, 0.25) is 5.02 Å². The van der Waals surface area contributed by atoms with Gasteiger partial charge in [0.2, 0.25) is 11.8 Å². The number of carbonyl (C=O) groups excluding carboxylic acids is 3. The fraction of sp³-hybridized carbons (Fsp3) is 0.455. The largest absolute Gasteiger partial charge is 0.466 e. The Morgan fingerprint density at radius 1 is 1.23 bits per heavy atom. The van der Waals surface area contributed by atoms with E-state index in [1.54, 1.807) is 28.6 Å². The fourth-order valence-electron chi connectivity index (χ4n) is 4.08. The van der Waals surface area contributed by atoms with Crippen LogP contribution in [-0.2, 0) is 25.7 Å². The summed E-state index contributed by atoms with van der Waals surface area (Å²) in [6.45, 7) is 3.40. The first kappa shape index (κ1) is 21.4. The molecule has 8 nitrogen and oxygen atoms in total. The summed E-state index contributed by atoms with van der Waals surface area (Å²) in [5.41, 5.74) is 1.61. The van der Waals surface area contributed by atoms with Crippen molar-refractivity contribution < 1.29 is 19.1 Å². The third-order valence-corrected chi connectivity index (χ3v) is 5.95. The monoisotopic (exact) mass is 444 g/mol. The van der Waals surface area contributed by atoms with E-state index in [1.165, 1.54) is 4.90 Å². The molecule has 164 valence electrons. The molecule has 2 aromatic rings. The maximum Gasteiger partial charge on any atom is 0.310 e. The molecule has 0 N–H and O–H groups in total. The smallest absolute Gasteiger partial charge is 0.310 e. The first-order valence-corrected chi connectivity index (χ1v) is 10.9. The van der Waals surface area contributed by atoms with Crippen LogP contribution in [0.1, 0.15) is 26.2 Å². The molecule has 0 saturated carbocycles. The summed E-state index contributed by atoms with van der Waals surface area (Å²) in [6, 6.07) is 9.15. The molecule has 1 fully saturated rings. The molecule has 0 spiro atoms. The third-order valence-electron chi connectivity index (χ3n) is 5.70. The molecule has 2 aliphatic rings. The second kappa shape index (κ2) is 9.09. The molecule has 31 heavy (non-hydrogen) atoms. The van der Waals surface area contributed by atoms with Crippen LogP contribution in [-0.4, -0.2) is 58.7 Å². The van der Waals surface area contributed by atoms with Gasteiger partial charge in [0.25, 0.3) is 0 Å². The predicted octanol–water partition coefficient (Wildman–Crippen LogP) is 2.74. The predicted molar refractivity (Wildman–Crippen MR) is 116 cm³/mol. The van der Waals surface area contributed by atoms with Gasteiger partial charge in [0.05, 0.1) is 24.8 Å². The molecule has 4 rings (SSSR count). The van der Waals surface area contributed by atoms with E-state index >= 15 is 0 Å². The number of ether oxygens (including phenoxy) is 1. The number of halogens is 1. The molecule has 2 aliphatic heterocycles. The number of hydrogen-bond donors (Lipinski definition) is 0. The summed E-state index contributed by atoms with van der Waals surface area (Å²) < 4.78 is 6.87. The second-order valence-corrected chi connectivity index (χ2v) is 8.22. The van der Waals surface area contributed by atoms with Crippen molar-refractivity contribution in [1.82, 2.24) is 14.7 Å². The van der Waals surface area contributed by atoms with E-state index in [2.05, 4.69) is 5.10 Å². The van der Waals surface area contributed by atoms with Crippen molar-refractivity contribution in [2.45, 2.75) is 32.7 Å². The molecule has 2 amide bonds. The van der Waals surface area contributed by atoms with Crippen molar-refractivity contribution in [1.29, 1.82) is 0 Å². The maximum absolute atomic E-state index is 13.0. The van der Waals surface area contributed by atoms with Gasteiger partial charge in [0.1, 0.15) is 12.4 Å². The van der Waals surface area contributed by atoms with E-state index < -0.39 is 0 Å². The first-order valence-electron chi connectivity index (χ1n) is 10.5. The van der Waals surface area contributed by atoms with E-state index in [0.29, 0.717) is 43.5 Å². The molecule has 0 radical (unpaired) electrons.